The standard InChI is InChI=1S/C20H18ClFN2O4S/c1-13-3-9-17(28-13)12-24(2)20(25)14-4-10-18(21)19(11-14)29(26,27)23-16-7-5-15(22)6-8-16/h3-11,23H,12H2,1-2H3. The van der Waals surface area contributed by atoms with Crippen LogP contribution in [0.5, 0.6) is 0 Å². The number of hydrogen-bond donors (Lipinski definition) is 1. The zero-order valence-corrected chi connectivity index (χ0v) is 17.2. The monoisotopic (exact) mass is 436 g/mol. The number of aryl methyl sites for hydroxylation is 1. The van der Waals surface area contributed by atoms with Gasteiger partial charge in [-0.1, -0.05) is 11.6 Å². The molecule has 0 bridgehead atoms. The molecule has 1 aromatic heterocycles. The fourth-order valence-corrected chi connectivity index (χ4v) is 4.25. The lowest BCUT2D eigenvalue weighted by atomic mass is 10.2. The van der Waals surface area contributed by atoms with Crippen LogP contribution in [0.4, 0.5) is 10.1 Å². The molecular weight excluding hydrogens is 419 g/mol. The average Bonchev–Trinajstić information content (AvgIpc) is 3.07. The highest BCUT2D eigenvalue weighted by Crippen LogP contribution is 2.26. The molecule has 152 valence electrons. The average molecular weight is 437 g/mol. The number of nitrogens with one attached hydrogen (secondary N) is 1. The van der Waals surface area contributed by atoms with E-state index in [9.17, 15) is 17.6 Å². The summed E-state index contributed by atoms with van der Waals surface area (Å²) in [6.45, 7) is 2.03. The number of sulfonamides is 1. The maximum absolute atomic E-state index is 13.0. The Morgan fingerprint density at radius 2 is 1.83 bits per heavy atom. The lowest BCUT2D eigenvalue weighted by Gasteiger charge is -2.17. The molecule has 0 aliphatic rings. The van der Waals surface area contributed by atoms with E-state index in [0.717, 1.165) is 17.9 Å². The van der Waals surface area contributed by atoms with Gasteiger partial charge in [0.1, 0.15) is 22.2 Å². The summed E-state index contributed by atoms with van der Waals surface area (Å²) in [5.74, 6) is 0.452. The first-order valence-corrected chi connectivity index (χ1v) is 10.4. The predicted octanol–water partition coefficient (Wildman–Crippen LogP) is 4.45. The molecule has 6 nitrogen and oxygen atoms in total. The molecule has 3 aromatic rings. The minimum Gasteiger partial charge on any atom is -0.464 e. The van der Waals surface area contributed by atoms with Gasteiger partial charge in [0, 0.05) is 18.3 Å². The summed E-state index contributed by atoms with van der Waals surface area (Å²) in [4.78, 5) is 13.9. The van der Waals surface area contributed by atoms with Crippen molar-refractivity contribution in [3.8, 4) is 0 Å². The molecule has 0 aliphatic carbocycles. The zero-order chi connectivity index (χ0) is 21.2. The van der Waals surface area contributed by atoms with Crippen LogP contribution in [0.3, 0.4) is 0 Å². The minimum absolute atomic E-state index is 0.0412. The van der Waals surface area contributed by atoms with Crippen LogP contribution in [0.25, 0.3) is 0 Å². The van der Waals surface area contributed by atoms with Gasteiger partial charge in [-0.2, -0.15) is 0 Å². The minimum atomic E-state index is -4.09. The Morgan fingerprint density at radius 3 is 2.45 bits per heavy atom. The van der Waals surface area contributed by atoms with Crippen molar-refractivity contribution in [3.63, 3.8) is 0 Å². The lowest BCUT2D eigenvalue weighted by molar-refractivity contribution is 0.0774. The zero-order valence-electron chi connectivity index (χ0n) is 15.6. The third-order valence-corrected chi connectivity index (χ3v) is 5.96. The van der Waals surface area contributed by atoms with Crippen molar-refractivity contribution in [2.45, 2.75) is 18.4 Å². The topological polar surface area (TPSA) is 79.6 Å². The molecule has 1 heterocycles. The molecule has 0 spiro atoms. The highest BCUT2D eigenvalue weighted by atomic mass is 35.5. The molecule has 1 N–H and O–H groups in total. The summed E-state index contributed by atoms with van der Waals surface area (Å²) in [6.07, 6.45) is 0. The van der Waals surface area contributed by atoms with E-state index in [1.54, 1.807) is 26.1 Å². The van der Waals surface area contributed by atoms with Gasteiger partial charge in [0.2, 0.25) is 0 Å². The molecular formula is C20H18ClFN2O4S. The second kappa shape index (κ2) is 8.26. The van der Waals surface area contributed by atoms with Crippen LogP contribution in [0.15, 0.2) is 63.9 Å². The maximum Gasteiger partial charge on any atom is 0.263 e. The van der Waals surface area contributed by atoms with Crippen molar-refractivity contribution in [3.05, 3.63) is 82.5 Å². The van der Waals surface area contributed by atoms with E-state index < -0.39 is 21.7 Å². The molecule has 29 heavy (non-hydrogen) atoms. The van der Waals surface area contributed by atoms with E-state index in [0.29, 0.717) is 5.76 Å². The Kier molecular flexibility index (Phi) is 5.95. The Labute approximate surface area is 173 Å². The number of furan rings is 1. The van der Waals surface area contributed by atoms with Crippen LogP contribution in [-0.2, 0) is 16.6 Å². The number of nitrogens with zero attached hydrogens (tertiary/aromatic N) is 1. The van der Waals surface area contributed by atoms with Gasteiger partial charge in [-0.05, 0) is 61.5 Å². The molecule has 0 fully saturated rings. The van der Waals surface area contributed by atoms with Gasteiger partial charge in [-0.25, -0.2) is 12.8 Å². The predicted molar refractivity (Wildman–Crippen MR) is 108 cm³/mol. The number of hydrogen-bond acceptors (Lipinski definition) is 4. The number of benzene rings is 2. The van der Waals surface area contributed by atoms with E-state index in [1.807, 2.05) is 0 Å². The summed E-state index contributed by atoms with van der Waals surface area (Å²) >= 11 is 6.07. The number of anilines is 1. The molecule has 2 aromatic carbocycles. The summed E-state index contributed by atoms with van der Waals surface area (Å²) in [6, 6.07) is 12.4. The maximum atomic E-state index is 13.0. The Hall–Kier alpha value is -2.84. The first-order chi connectivity index (χ1) is 13.7. The molecule has 0 saturated carbocycles. The fourth-order valence-electron chi connectivity index (χ4n) is 2.67. The van der Waals surface area contributed by atoms with Crippen LogP contribution in [-0.4, -0.2) is 26.3 Å². The first kappa shape index (κ1) is 20.9. The van der Waals surface area contributed by atoms with Crippen LogP contribution in [0.1, 0.15) is 21.9 Å². The first-order valence-electron chi connectivity index (χ1n) is 8.54. The van der Waals surface area contributed by atoms with Crippen molar-refractivity contribution in [1.29, 1.82) is 0 Å². The van der Waals surface area contributed by atoms with E-state index in [1.165, 1.54) is 35.2 Å². The van der Waals surface area contributed by atoms with Gasteiger partial charge >= 0.3 is 0 Å². The molecule has 0 saturated heterocycles. The van der Waals surface area contributed by atoms with Gasteiger partial charge in [0.15, 0.2) is 0 Å². The van der Waals surface area contributed by atoms with Crippen LogP contribution >= 0.6 is 11.6 Å². The molecule has 1 amide bonds. The van der Waals surface area contributed by atoms with Crippen LogP contribution in [0.2, 0.25) is 5.02 Å². The van der Waals surface area contributed by atoms with E-state index in [-0.39, 0.29) is 27.7 Å². The molecule has 0 radical (unpaired) electrons. The number of rotatable bonds is 6. The van der Waals surface area contributed by atoms with Crippen molar-refractivity contribution in [1.82, 2.24) is 4.90 Å². The quantitative estimate of drug-likeness (QED) is 0.619. The summed E-state index contributed by atoms with van der Waals surface area (Å²) in [5, 5.41) is -0.0412. The summed E-state index contributed by atoms with van der Waals surface area (Å²) in [7, 11) is -2.50. The normalized spacial score (nSPS) is 11.3. The van der Waals surface area contributed by atoms with Crippen molar-refractivity contribution in [2.24, 2.45) is 0 Å². The van der Waals surface area contributed by atoms with E-state index >= 15 is 0 Å². The molecule has 3 rings (SSSR count). The third kappa shape index (κ3) is 4.96. The summed E-state index contributed by atoms with van der Waals surface area (Å²) < 4.78 is 46.3. The Balaban J connectivity index is 1.84. The van der Waals surface area contributed by atoms with Crippen molar-refractivity contribution >= 4 is 33.2 Å². The van der Waals surface area contributed by atoms with Crippen LogP contribution in [0, 0.1) is 12.7 Å². The second-order valence-electron chi connectivity index (χ2n) is 6.43. The SMILES string of the molecule is Cc1ccc(CN(C)C(=O)c2ccc(Cl)c(S(=O)(=O)Nc3ccc(F)cc3)c2)o1. The van der Waals surface area contributed by atoms with Gasteiger partial charge in [0.05, 0.1) is 11.6 Å². The Bertz CT molecular complexity index is 1140. The number of halogens is 2. The highest BCUT2D eigenvalue weighted by molar-refractivity contribution is 7.92. The van der Waals surface area contributed by atoms with E-state index in [4.69, 9.17) is 16.0 Å². The molecule has 9 heteroatoms. The Morgan fingerprint density at radius 1 is 1.14 bits per heavy atom. The van der Waals surface area contributed by atoms with E-state index in [2.05, 4.69) is 4.72 Å². The number of carbonyl (C=O) groups excluding carboxylic acids is 1. The van der Waals surface area contributed by atoms with Gasteiger partial charge in [0.25, 0.3) is 15.9 Å². The van der Waals surface area contributed by atoms with Crippen molar-refractivity contribution < 1.29 is 22.0 Å². The molecule has 0 atom stereocenters. The van der Waals surface area contributed by atoms with Gasteiger partial charge in [-0.15, -0.1) is 0 Å². The third-order valence-electron chi connectivity index (χ3n) is 4.10. The number of amides is 1. The second-order valence-corrected chi connectivity index (χ2v) is 8.49. The lowest BCUT2D eigenvalue weighted by Crippen LogP contribution is -2.26. The largest absolute Gasteiger partial charge is 0.464 e. The smallest absolute Gasteiger partial charge is 0.263 e. The van der Waals surface area contributed by atoms with Gasteiger partial charge < -0.3 is 9.32 Å². The molecule has 0 unspecified atom stereocenters. The molecule has 0 aliphatic heterocycles. The highest BCUT2D eigenvalue weighted by Gasteiger charge is 2.22. The summed E-state index contributed by atoms with van der Waals surface area (Å²) in [5.41, 5.74) is 0.323. The fraction of sp³-hybridized carbons (Fsp3) is 0.150. The van der Waals surface area contributed by atoms with Crippen molar-refractivity contribution in [2.75, 3.05) is 11.8 Å². The van der Waals surface area contributed by atoms with Crippen LogP contribution < -0.4 is 4.72 Å². The van der Waals surface area contributed by atoms with Gasteiger partial charge in [-0.3, -0.25) is 9.52 Å². The number of carbonyl (C=O) groups is 1.